The van der Waals surface area contributed by atoms with Gasteiger partial charge in [0.2, 0.25) is 5.91 Å². The number of hydrogen-bond donors (Lipinski definition) is 1. The molecule has 2 aromatic carbocycles. The van der Waals surface area contributed by atoms with Gasteiger partial charge < -0.3 is 5.32 Å². The number of carbonyl (C=O) groups is 1. The Morgan fingerprint density at radius 2 is 1.95 bits per heavy atom. The van der Waals surface area contributed by atoms with Gasteiger partial charge in [-0.15, -0.1) is 11.8 Å². The summed E-state index contributed by atoms with van der Waals surface area (Å²) in [6.07, 6.45) is 0. The molecule has 2 aromatic rings. The van der Waals surface area contributed by atoms with Crippen LogP contribution in [0.5, 0.6) is 0 Å². The van der Waals surface area contributed by atoms with E-state index in [4.69, 9.17) is 0 Å². The van der Waals surface area contributed by atoms with E-state index in [9.17, 15) is 4.79 Å². The molecule has 4 heteroatoms. The van der Waals surface area contributed by atoms with Crippen molar-refractivity contribution in [2.75, 3.05) is 11.1 Å². The molecule has 1 amide bonds. The van der Waals surface area contributed by atoms with Crippen LogP contribution in [0.15, 0.2) is 57.9 Å². The number of amides is 1. The van der Waals surface area contributed by atoms with E-state index in [0.717, 1.165) is 15.1 Å². The van der Waals surface area contributed by atoms with Crippen molar-refractivity contribution in [3.8, 4) is 0 Å². The van der Waals surface area contributed by atoms with Crippen molar-refractivity contribution in [2.24, 2.45) is 0 Å². The van der Waals surface area contributed by atoms with Crippen molar-refractivity contribution < 1.29 is 4.79 Å². The van der Waals surface area contributed by atoms with E-state index >= 15 is 0 Å². The topological polar surface area (TPSA) is 29.1 Å². The molecule has 0 saturated carbocycles. The number of hydrogen-bond acceptors (Lipinski definition) is 2. The molecule has 0 saturated heterocycles. The fraction of sp³-hybridized carbons (Fsp3) is 0.133. The second-order valence-corrected chi connectivity index (χ2v) is 6.12. The zero-order valence-corrected chi connectivity index (χ0v) is 12.9. The van der Waals surface area contributed by atoms with Gasteiger partial charge in [0, 0.05) is 15.1 Å². The molecular formula is C15H14BrNOS. The van der Waals surface area contributed by atoms with Gasteiger partial charge in [0.25, 0.3) is 0 Å². The predicted molar refractivity (Wildman–Crippen MR) is 84.7 cm³/mol. The number of carbonyl (C=O) groups excluding carboxylic acids is 1. The minimum atomic E-state index is 0.00340. The lowest BCUT2D eigenvalue weighted by Crippen LogP contribution is -2.13. The number of anilines is 1. The average molecular weight is 336 g/mol. The molecule has 98 valence electrons. The Morgan fingerprint density at radius 3 is 2.63 bits per heavy atom. The molecule has 0 heterocycles. The number of aryl methyl sites for hydroxylation is 1. The van der Waals surface area contributed by atoms with Gasteiger partial charge in [-0.1, -0.05) is 39.7 Å². The van der Waals surface area contributed by atoms with Crippen LogP contribution in [0.2, 0.25) is 0 Å². The smallest absolute Gasteiger partial charge is 0.234 e. The first kappa shape index (κ1) is 14.2. The lowest BCUT2D eigenvalue weighted by Gasteiger charge is -2.05. The summed E-state index contributed by atoms with van der Waals surface area (Å²) in [5.41, 5.74) is 2.03. The van der Waals surface area contributed by atoms with Crippen LogP contribution in [0.4, 0.5) is 5.69 Å². The maximum absolute atomic E-state index is 11.8. The highest BCUT2D eigenvalue weighted by Gasteiger charge is 2.03. The second-order valence-electron chi connectivity index (χ2n) is 4.16. The number of nitrogens with one attached hydrogen (secondary N) is 1. The van der Waals surface area contributed by atoms with Gasteiger partial charge in [0.15, 0.2) is 0 Å². The van der Waals surface area contributed by atoms with Crippen molar-refractivity contribution in [1.82, 2.24) is 0 Å². The Balaban J connectivity index is 1.86. The first-order chi connectivity index (χ1) is 9.13. The summed E-state index contributed by atoms with van der Waals surface area (Å²) in [5.74, 6) is 0.416. The quantitative estimate of drug-likeness (QED) is 0.834. The molecule has 1 N–H and O–H groups in total. The van der Waals surface area contributed by atoms with Gasteiger partial charge in [-0.25, -0.2) is 0 Å². The van der Waals surface area contributed by atoms with Gasteiger partial charge in [-0.05, 0) is 37.3 Å². The summed E-state index contributed by atoms with van der Waals surface area (Å²) < 4.78 is 0.955. The molecule has 2 rings (SSSR count). The molecule has 0 aliphatic heterocycles. The van der Waals surface area contributed by atoms with Gasteiger partial charge >= 0.3 is 0 Å². The largest absolute Gasteiger partial charge is 0.325 e. The minimum absolute atomic E-state index is 0.00340. The highest BCUT2D eigenvalue weighted by molar-refractivity contribution is 9.10. The van der Waals surface area contributed by atoms with Crippen molar-refractivity contribution >= 4 is 39.3 Å². The Morgan fingerprint density at radius 1 is 1.21 bits per heavy atom. The molecule has 2 nitrogen and oxygen atoms in total. The highest BCUT2D eigenvalue weighted by atomic mass is 79.9. The summed E-state index contributed by atoms with van der Waals surface area (Å²) >= 11 is 4.91. The van der Waals surface area contributed by atoms with Gasteiger partial charge in [0.05, 0.1) is 5.75 Å². The highest BCUT2D eigenvalue weighted by Crippen LogP contribution is 2.19. The van der Waals surface area contributed by atoms with Crippen molar-refractivity contribution in [1.29, 1.82) is 0 Å². The summed E-state index contributed by atoms with van der Waals surface area (Å²) in [5, 5.41) is 2.87. The van der Waals surface area contributed by atoms with E-state index in [0.29, 0.717) is 5.75 Å². The Bertz CT molecular complexity index is 569. The van der Waals surface area contributed by atoms with Gasteiger partial charge in [-0.3, -0.25) is 4.79 Å². The van der Waals surface area contributed by atoms with Crippen LogP contribution in [-0.4, -0.2) is 11.7 Å². The van der Waals surface area contributed by atoms with E-state index in [1.807, 2.05) is 36.4 Å². The number of thioether (sulfide) groups is 1. The second kappa shape index (κ2) is 6.78. The molecule has 19 heavy (non-hydrogen) atoms. The third-order valence-corrected chi connectivity index (χ3v) is 4.00. The summed E-state index contributed by atoms with van der Waals surface area (Å²) in [4.78, 5) is 12.9. The normalized spacial score (nSPS) is 10.2. The van der Waals surface area contributed by atoms with Crippen LogP contribution in [0, 0.1) is 6.92 Å². The van der Waals surface area contributed by atoms with Crippen LogP contribution in [0.1, 0.15) is 5.56 Å². The molecule has 0 aliphatic rings. The number of rotatable bonds is 4. The van der Waals surface area contributed by atoms with Crippen LogP contribution in [-0.2, 0) is 4.79 Å². The fourth-order valence-corrected chi connectivity index (χ4v) is 2.64. The first-order valence-corrected chi connectivity index (χ1v) is 7.66. The van der Waals surface area contributed by atoms with Crippen LogP contribution in [0.25, 0.3) is 0 Å². The maximum Gasteiger partial charge on any atom is 0.234 e. The third kappa shape index (κ3) is 4.73. The zero-order valence-electron chi connectivity index (χ0n) is 10.5. The zero-order chi connectivity index (χ0) is 13.7. The van der Waals surface area contributed by atoms with Crippen molar-refractivity contribution in [3.05, 3.63) is 58.6 Å². The van der Waals surface area contributed by atoms with Crippen molar-refractivity contribution in [2.45, 2.75) is 11.8 Å². The maximum atomic E-state index is 11.8. The van der Waals surface area contributed by atoms with Gasteiger partial charge in [-0.2, -0.15) is 0 Å². The Labute approximate surface area is 125 Å². The molecule has 0 atom stereocenters. The molecule has 0 fully saturated rings. The molecule has 0 radical (unpaired) electrons. The lowest BCUT2D eigenvalue weighted by atomic mass is 10.2. The molecule has 0 aliphatic carbocycles. The SMILES string of the molecule is Cc1ccc(SCC(=O)Nc2cccc(Br)c2)cc1. The van der Waals surface area contributed by atoms with E-state index in [1.54, 1.807) is 0 Å². The van der Waals surface area contributed by atoms with Crippen LogP contribution < -0.4 is 5.32 Å². The van der Waals surface area contributed by atoms with E-state index in [-0.39, 0.29) is 5.91 Å². The van der Waals surface area contributed by atoms with E-state index in [1.165, 1.54) is 17.3 Å². The Kier molecular flexibility index (Phi) is 5.05. The summed E-state index contributed by atoms with van der Waals surface area (Å²) in [6.45, 7) is 2.05. The molecule has 0 aromatic heterocycles. The van der Waals surface area contributed by atoms with Gasteiger partial charge in [0.1, 0.15) is 0 Å². The van der Waals surface area contributed by atoms with Crippen LogP contribution >= 0.6 is 27.7 Å². The molecule has 0 bridgehead atoms. The predicted octanol–water partition coefficient (Wildman–Crippen LogP) is 4.49. The summed E-state index contributed by atoms with van der Waals surface area (Å²) in [7, 11) is 0. The number of halogens is 1. The molecule has 0 spiro atoms. The summed E-state index contributed by atoms with van der Waals surface area (Å²) in [6, 6.07) is 15.7. The number of benzene rings is 2. The lowest BCUT2D eigenvalue weighted by molar-refractivity contribution is -0.113. The molecule has 0 unspecified atom stereocenters. The minimum Gasteiger partial charge on any atom is -0.325 e. The van der Waals surface area contributed by atoms with Crippen molar-refractivity contribution in [3.63, 3.8) is 0 Å². The standard InChI is InChI=1S/C15H14BrNOS/c1-11-5-7-14(8-6-11)19-10-15(18)17-13-4-2-3-12(16)9-13/h2-9H,10H2,1H3,(H,17,18). The van der Waals surface area contributed by atoms with E-state index < -0.39 is 0 Å². The first-order valence-electron chi connectivity index (χ1n) is 5.88. The third-order valence-electron chi connectivity index (χ3n) is 2.50. The monoisotopic (exact) mass is 335 g/mol. The Hall–Kier alpha value is -1.26. The fourth-order valence-electron chi connectivity index (χ4n) is 1.55. The van der Waals surface area contributed by atoms with Crippen LogP contribution in [0.3, 0.4) is 0 Å². The average Bonchev–Trinajstić information content (AvgIpc) is 2.38. The van der Waals surface area contributed by atoms with E-state index in [2.05, 4.69) is 40.3 Å². The molecular weight excluding hydrogens is 322 g/mol.